The van der Waals surface area contributed by atoms with E-state index in [2.05, 4.69) is 12.1 Å². The number of thioether (sulfide) groups is 1. The number of para-hydroxylation sites is 1. The third-order valence-electron chi connectivity index (χ3n) is 4.82. The monoisotopic (exact) mass is 397 g/mol. The van der Waals surface area contributed by atoms with Crippen LogP contribution in [0.3, 0.4) is 0 Å². The third-order valence-corrected chi connectivity index (χ3v) is 6.03. The van der Waals surface area contributed by atoms with Gasteiger partial charge in [0.1, 0.15) is 17.4 Å². The average molecular weight is 397 g/mol. The van der Waals surface area contributed by atoms with Crippen LogP contribution in [-0.2, 0) is 20.7 Å². The summed E-state index contributed by atoms with van der Waals surface area (Å²) in [4.78, 5) is 14.9. The molecule has 0 N–H and O–H groups in total. The summed E-state index contributed by atoms with van der Waals surface area (Å²) < 4.78 is 16.9. The van der Waals surface area contributed by atoms with E-state index in [9.17, 15) is 4.79 Å². The summed E-state index contributed by atoms with van der Waals surface area (Å²) in [5, 5.41) is -0.130. The standard InChI is InChI=1S/C22H23NO4S/c1-2-26-19-11-7-6-10-17(19)22-23(21(24)14-28-22)18(20-13-25-15-27-20)12-16-8-4-3-5-9-16/h3-11,13,18,22H,2,12,14-15H2,1H3. The summed E-state index contributed by atoms with van der Waals surface area (Å²) in [6, 6.07) is 17.9. The van der Waals surface area contributed by atoms with Gasteiger partial charge in [-0.1, -0.05) is 48.5 Å². The van der Waals surface area contributed by atoms with Crippen LogP contribution in [0.5, 0.6) is 5.75 Å². The largest absolute Gasteiger partial charge is 0.493 e. The van der Waals surface area contributed by atoms with Crippen LogP contribution in [0.4, 0.5) is 0 Å². The van der Waals surface area contributed by atoms with Crippen LogP contribution in [0.15, 0.2) is 66.6 Å². The van der Waals surface area contributed by atoms with Crippen LogP contribution in [0.25, 0.3) is 0 Å². The molecule has 1 fully saturated rings. The van der Waals surface area contributed by atoms with Gasteiger partial charge >= 0.3 is 0 Å². The highest BCUT2D eigenvalue weighted by Crippen LogP contribution is 2.45. The predicted octanol–water partition coefficient (Wildman–Crippen LogP) is 4.12. The maximum Gasteiger partial charge on any atom is 0.234 e. The van der Waals surface area contributed by atoms with Crippen LogP contribution in [-0.4, -0.2) is 36.0 Å². The minimum absolute atomic E-state index is 0.0960. The molecule has 0 radical (unpaired) electrons. The molecule has 2 heterocycles. The van der Waals surface area contributed by atoms with Crippen molar-refractivity contribution in [2.24, 2.45) is 0 Å². The fourth-order valence-corrected chi connectivity index (χ4v) is 4.83. The molecule has 2 aromatic rings. The van der Waals surface area contributed by atoms with Gasteiger partial charge in [0.05, 0.1) is 18.4 Å². The fraction of sp³-hybridized carbons (Fsp3) is 0.318. The Bertz CT molecular complexity index is 855. The minimum Gasteiger partial charge on any atom is -0.493 e. The van der Waals surface area contributed by atoms with E-state index in [1.165, 1.54) is 0 Å². The van der Waals surface area contributed by atoms with E-state index < -0.39 is 0 Å². The van der Waals surface area contributed by atoms with Crippen molar-refractivity contribution in [1.82, 2.24) is 4.90 Å². The zero-order chi connectivity index (χ0) is 19.3. The second-order valence-corrected chi connectivity index (χ2v) is 7.66. The first kappa shape index (κ1) is 18.7. The molecular formula is C22H23NO4S. The van der Waals surface area contributed by atoms with Crippen LogP contribution >= 0.6 is 11.8 Å². The Balaban J connectivity index is 1.70. The SMILES string of the molecule is CCOc1ccccc1C1SCC(=O)N1C(Cc1ccccc1)C1=COCO1. The van der Waals surface area contributed by atoms with Crippen molar-refractivity contribution in [3.05, 3.63) is 77.7 Å². The highest BCUT2D eigenvalue weighted by Gasteiger charge is 2.41. The van der Waals surface area contributed by atoms with Gasteiger partial charge < -0.3 is 19.1 Å². The normalized spacial score (nSPS) is 19.8. The zero-order valence-corrected chi connectivity index (χ0v) is 16.6. The Kier molecular flexibility index (Phi) is 5.76. The number of ether oxygens (including phenoxy) is 3. The number of hydrogen-bond donors (Lipinski definition) is 0. The van der Waals surface area contributed by atoms with Gasteiger partial charge in [-0.05, 0) is 18.6 Å². The van der Waals surface area contributed by atoms with Crippen molar-refractivity contribution in [3.8, 4) is 5.75 Å². The number of carbonyl (C=O) groups excluding carboxylic acids is 1. The van der Waals surface area contributed by atoms with Crippen LogP contribution < -0.4 is 4.74 Å². The molecule has 2 atom stereocenters. The molecular weight excluding hydrogens is 374 g/mol. The quantitative estimate of drug-likeness (QED) is 0.704. The Labute approximate surface area is 169 Å². The van der Waals surface area contributed by atoms with Gasteiger partial charge in [0, 0.05) is 12.0 Å². The summed E-state index contributed by atoms with van der Waals surface area (Å²) in [7, 11) is 0. The van der Waals surface area contributed by atoms with Gasteiger partial charge in [-0.25, -0.2) is 0 Å². The summed E-state index contributed by atoms with van der Waals surface area (Å²) in [5.41, 5.74) is 2.16. The van der Waals surface area contributed by atoms with Crippen molar-refractivity contribution in [2.75, 3.05) is 19.2 Å². The number of nitrogens with zero attached hydrogens (tertiary/aromatic N) is 1. The zero-order valence-electron chi connectivity index (χ0n) is 15.7. The van der Waals surface area contributed by atoms with E-state index in [0.29, 0.717) is 24.5 Å². The average Bonchev–Trinajstić information content (AvgIpc) is 3.38. The molecule has 28 heavy (non-hydrogen) atoms. The predicted molar refractivity (Wildman–Crippen MR) is 109 cm³/mol. The van der Waals surface area contributed by atoms with Crippen LogP contribution in [0, 0.1) is 0 Å². The van der Waals surface area contributed by atoms with Gasteiger partial charge in [0.25, 0.3) is 0 Å². The molecule has 0 bridgehead atoms. The van der Waals surface area contributed by atoms with Crippen molar-refractivity contribution in [3.63, 3.8) is 0 Å². The van der Waals surface area contributed by atoms with Crippen molar-refractivity contribution < 1.29 is 19.0 Å². The second-order valence-electron chi connectivity index (χ2n) is 6.59. The van der Waals surface area contributed by atoms with E-state index in [0.717, 1.165) is 16.9 Å². The van der Waals surface area contributed by atoms with E-state index >= 15 is 0 Å². The molecule has 4 rings (SSSR count). The molecule has 5 nitrogen and oxygen atoms in total. The van der Waals surface area contributed by atoms with E-state index in [4.69, 9.17) is 14.2 Å². The van der Waals surface area contributed by atoms with Crippen molar-refractivity contribution >= 4 is 17.7 Å². The van der Waals surface area contributed by atoms with Crippen LogP contribution in [0.1, 0.15) is 23.4 Å². The van der Waals surface area contributed by atoms with E-state index in [1.807, 2.05) is 54.3 Å². The Hall–Kier alpha value is -2.60. The highest BCUT2D eigenvalue weighted by atomic mass is 32.2. The highest BCUT2D eigenvalue weighted by molar-refractivity contribution is 8.00. The molecule has 146 valence electrons. The lowest BCUT2D eigenvalue weighted by Crippen LogP contribution is -2.41. The molecule has 1 saturated heterocycles. The minimum atomic E-state index is -0.230. The van der Waals surface area contributed by atoms with Crippen LogP contribution in [0.2, 0.25) is 0 Å². The summed E-state index contributed by atoms with van der Waals surface area (Å²) >= 11 is 1.62. The molecule has 0 saturated carbocycles. The van der Waals surface area contributed by atoms with Gasteiger partial charge in [0.15, 0.2) is 5.76 Å². The topological polar surface area (TPSA) is 48.0 Å². The Morgan fingerprint density at radius 2 is 1.96 bits per heavy atom. The fourth-order valence-electron chi connectivity index (χ4n) is 3.58. The lowest BCUT2D eigenvalue weighted by atomic mass is 10.0. The summed E-state index contributed by atoms with van der Waals surface area (Å²) in [5.74, 6) is 2.04. The van der Waals surface area contributed by atoms with E-state index in [-0.39, 0.29) is 24.1 Å². The number of carbonyl (C=O) groups is 1. The molecule has 1 amide bonds. The molecule has 0 aliphatic carbocycles. The first-order valence-electron chi connectivity index (χ1n) is 9.41. The van der Waals surface area contributed by atoms with Crippen molar-refractivity contribution in [2.45, 2.75) is 24.8 Å². The first-order valence-corrected chi connectivity index (χ1v) is 10.5. The van der Waals surface area contributed by atoms with Gasteiger partial charge in [-0.2, -0.15) is 0 Å². The second kappa shape index (κ2) is 8.61. The molecule has 6 heteroatoms. The number of hydrogen-bond acceptors (Lipinski definition) is 5. The number of amides is 1. The maximum atomic E-state index is 13.0. The number of rotatable bonds is 7. The molecule has 2 aliphatic heterocycles. The lowest BCUT2D eigenvalue weighted by Gasteiger charge is -2.33. The summed E-state index contributed by atoms with van der Waals surface area (Å²) in [6.07, 6.45) is 2.30. The van der Waals surface area contributed by atoms with Crippen molar-refractivity contribution in [1.29, 1.82) is 0 Å². The van der Waals surface area contributed by atoms with E-state index in [1.54, 1.807) is 18.0 Å². The smallest absolute Gasteiger partial charge is 0.234 e. The van der Waals surface area contributed by atoms with Gasteiger partial charge in [-0.15, -0.1) is 11.8 Å². The summed E-state index contributed by atoms with van der Waals surface area (Å²) in [6.45, 7) is 2.74. The Morgan fingerprint density at radius 1 is 1.18 bits per heavy atom. The molecule has 2 unspecified atom stereocenters. The first-order chi connectivity index (χ1) is 13.8. The Morgan fingerprint density at radius 3 is 2.71 bits per heavy atom. The third kappa shape index (κ3) is 3.83. The number of benzene rings is 2. The van der Waals surface area contributed by atoms with Gasteiger partial charge in [0.2, 0.25) is 12.7 Å². The van der Waals surface area contributed by atoms with Gasteiger partial charge in [-0.3, -0.25) is 4.79 Å². The molecule has 0 spiro atoms. The molecule has 2 aromatic carbocycles. The molecule has 2 aliphatic rings. The maximum absolute atomic E-state index is 13.0. The lowest BCUT2D eigenvalue weighted by molar-refractivity contribution is -0.130. The molecule has 0 aromatic heterocycles.